The second-order valence-corrected chi connectivity index (χ2v) is 8.83. The highest BCUT2D eigenvalue weighted by Crippen LogP contribution is 2.38. The van der Waals surface area contributed by atoms with Gasteiger partial charge in [0.2, 0.25) is 15.9 Å². The van der Waals surface area contributed by atoms with E-state index in [-0.39, 0.29) is 10.7 Å². The van der Waals surface area contributed by atoms with E-state index in [1.807, 2.05) is 0 Å². The molecule has 0 radical (unpaired) electrons. The van der Waals surface area contributed by atoms with Crippen molar-refractivity contribution in [2.24, 2.45) is 5.92 Å². The van der Waals surface area contributed by atoms with E-state index in [1.165, 1.54) is 24.3 Å². The van der Waals surface area contributed by atoms with E-state index in [0.717, 1.165) is 12.1 Å². The first kappa shape index (κ1) is 21.4. The van der Waals surface area contributed by atoms with Crippen LogP contribution in [0.5, 0.6) is 11.5 Å². The van der Waals surface area contributed by atoms with E-state index in [0.29, 0.717) is 24.7 Å². The van der Waals surface area contributed by atoms with Crippen LogP contribution in [0.15, 0.2) is 41.3 Å². The Morgan fingerprint density at radius 2 is 1.76 bits per heavy atom. The summed E-state index contributed by atoms with van der Waals surface area (Å²) in [6.07, 6.45) is 0. The summed E-state index contributed by atoms with van der Waals surface area (Å²) in [7, 11) is -4.26. The fourth-order valence-electron chi connectivity index (χ4n) is 2.76. The molecule has 0 aliphatic carbocycles. The number of nitrogens with one attached hydrogen (secondary N) is 2. The molecule has 1 aliphatic heterocycles. The van der Waals surface area contributed by atoms with E-state index >= 15 is 0 Å². The summed E-state index contributed by atoms with van der Waals surface area (Å²) < 4.78 is 52.3. The monoisotopic (exact) mass is 442 g/mol. The summed E-state index contributed by atoms with van der Waals surface area (Å²) in [6, 6.07) is 6.81. The van der Waals surface area contributed by atoms with Gasteiger partial charge in [-0.1, -0.05) is 37.6 Å². The summed E-state index contributed by atoms with van der Waals surface area (Å²) >= 11 is 6.20. The molecule has 0 saturated carbocycles. The van der Waals surface area contributed by atoms with Crippen molar-refractivity contribution in [3.05, 3.63) is 47.2 Å². The quantitative estimate of drug-likeness (QED) is 0.716. The van der Waals surface area contributed by atoms with Crippen LogP contribution in [0.3, 0.4) is 0 Å². The summed E-state index contributed by atoms with van der Waals surface area (Å²) in [4.78, 5) is 12.3. The van der Waals surface area contributed by atoms with Crippen molar-refractivity contribution in [3.8, 4) is 11.5 Å². The van der Waals surface area contributed by atoms with Gasteiger partial charge in [0.05, 0.1) is 10.7 Å². The Balaban J connectivity index is 1.83. The molecule has 2 aromatic rings. The number of amides is 1. The third-order valence-electron chi connectivity index (χ3n) is 4.25. The molecule has 1 atom stereocenters. The second kappa shape index (κ2) is 8.56. The van der Waals surface area contributed by atoms with Crippen LogP contribution in [0.25, 0.3) is 0 Å². The van der Waals surface area contributed by atoms with Gasteiger partial charge in [-0.2, -0.15) is 4.72 Å². The minimum atomic E-state index is -4.26. The number of fused-ring (bicyclic) bond motifs is 1. The Kier molecular flexibility index (Phi) is 6.30. The minimum absolute atomic E-state index is 0.210. The van der Waals surface area contributed by atoms with Crippen LogP contribution in [-0.2, 0) is 14.8 Å². The van der Waals surface area contributed by atoms with Crippen molar-refractivity contribution in [2.45, 2.75) is 24.8 Å². The van der Waals surface area contributed by atoms with Gasteiger partial charge in [0.15, 0.2) is 11.5 Å². The van der Waals surface area contributed by atoms with Gasteiger partial charge in [-0.3, -0.25) is 4.79 Å². The lowest BCUT2D eigenvalue weighted by molar-refractivity contribution is -0.118. The Morgan fingerprint density at radius 3 is 2.38 bits per heavy atom. The molecule has 1 aliphatic rings. The average Bonchev–Trinajstić information content (AvgIpc) is 2.66. The summed E-state index contributed by atoms with van der Waals surface area (Å²) in [5.41, 5.74) is 0.247. The van der Waals surface area contributed by atoms with Crippen LogP contribution < -0.4 is 19.5 Å². The van der Waals surface area contributed by atoms with Gasteiger partial charge in [-0.25, -0.2) is 12.8 Å². The van der Waals surface area contributed by atoms with Gasteiger partial charge in [-0.05, 0) is 18.1 Å². The Hall–Kier alpha value is -2.36. The normalized spacial score (nSPS) is 14.5. The molecular weight excluding hydrogens is 423 g/mol. The molecule has 1 amide bonds. The fourth-order valence-corrected chi connectivity index (χ4v) is 4.38. The van der Waals surface area contributed by atoms with Gasteiger partial charge in [-0.15, -0.1) is 0 Å². The number of benzene rings is 2. The van der Waals surface area contributed by atoms with Gasteiger partial charge in [0.1, 0.15) is 30.0 Å². The fraction of sp³-hybridized carbons (Fsp3) is 0.316. The number of carbonyl (C=O) groups is 1. The number of rotatable bonds is 6. The molecule has 3 rings (SSSR count). The highest BCUT2D eigenvalue weighted by Gasteiger charge is 2.30. The lowest BCUT2D eigenvalue weighted by atomic mass is 10.0. The number of anilines is 1. The van der Waals surface area contributed by atoms with Crippen molar-refractivity contribution in [2.75, 3.05) is 18.5 Å². The third kappa shape index (κ3) is 4.80. The van der Waals surface area contributed by atoms with E-state index in [4.69, 9.17) is 21.1 Å². The maximum atomic E-state index is 13.9. The first-order valence-corrected chi connectivity index (χ1v) is 10.7. The van der Waals surface area contributed by atoms with Crippen molar-refractivity contribution in [3.63, 3.8) is 0 Å². The molecule has 10 heteroatoms. The molecule has 2 N–H and O–H groups in total. The predicted octanol–water partition coefficient (Wildman–Crippen LogP) is 3.19. The van der Waals surface area contributed by atoms with Crippen molar-refractivity contribution >= 4 is 33.2 Å². The molecule has 0 aromatic heterocycles. The molecule has 7 nitrogen and oxygen atoms in total. The van der Waals surface area contributed by atoms with Crippen LogP contribution in [0.1, 0.15) is 13.8 Å². The van der Waals surface area contributed by atoms with Gasteiger partial charge >= 0.3 is 0 Å². The van der Waals surface area contributed by atoms with E-state index in [2.05, 4.69) is 10.0 Å². The van der Waals surface area contributed by atoms with Gasteiger partial charge in [0, 0.05) is 12.1 Å². The number of hydrogen-bond donors (Lipinski definition) is 2. The van der Waals surface area contributed by atoms with E-state index < -0.39 is 38.6 Å². The molecule has 156 valence electrons. The molecular formula is C19H20ClFN2O5S. The SMILES string of the molecule is CC(C)[C@H](NS(=O)(=O)c1ccccc1F)C(=O)Nc1cc2c(cc1Cl)OCCO2. The van der Waals surface area contributed by atoms with Crippen LogP contribution in [0, 0.1) is 11.7 Å². The molecule has 0 saturated heterocycles. The standard InChI is InChI=1S/C19H20ClFN2O5S/c1-11(2)18(23-29(25,26)17-6-4-3-5-13(17)21)19(24)22-14-10-16-15(9-12(14)20)27-7-8-28-16/h3-6,9-11,18,23H,7-8H2,1-2H3,(H,22,24)/t18-/m0/s1. The average molecular weight is 443 g/mol. The van der Waals surface area contributed by atoms with E-state index in [1.54, 1.807) is 13.8 Å². The van der Waals surface area contributed by atoms with Crippen molar-refractivity contribution < 1.29 is 27.1 Å². The molecule has 0 unspecified atom stereocenters. The molecule has 0 bridgehead atoms. The van der Waals surface area contributed by atoms with Crippen LogP contribution >= 0.6 is 11.6 Å². The predicted molar refractivity (Wildman–Crippen MR) is 106 cm³/mol. The number of sulfonamides is 1. The largest absolute Gasteiger partial charge is 0.486 e. The maximum Gasteiger partial charge on any atom is 0.244 e. The minimum Gasteiger partial charge on any atom is -0.486 e. The number of carbonyl (C=O) groups excluding carboxylic acids is 1. The highest BCUT2D eigenvalue weighted by molar-refractivity contribution is 7.89. The Morgan fingerprint density at radius 1 is 1.14 bits per heavy atom. The summed E-state index contributed by atoms with van der Waals surface area (Å²) in [5, 5.41) is 2.81. The van der Waals surface area contributed by atoms with Crippen molar-refractivity contribution in [1.29, 1.82) is 0 Å². The smallest absolute Gasteiger partial charge is 0.244 e. The number of halogens is 2. The van der Waals surface area contributed by atoms with Crippen molar-refractivity contribution in [1.82, 2.24) is 4.72 Å². The first-order chi connectivity index (χ1) is 13.7. The lowest BCUT2D eigenvalue weighted by Crippen LogP contribution is -2.47. The summed E-state index contributed by atoms with van der Waals surface area (Å²) in [6.45, 7) is 4.08. The number of ether oxygens (including phenoxy) is 2. The first-order valence-electron chi connectivity index (χ1n) is 8.86. The lowest BCUT2D eigenvalue weighted by Gasteiger charge is -2.23. The maximum absolute atomic E-state index is 13.9. The van der Waals surface area contributed by atoms with Crippen LogP contribution in [0.4, 0.5) is 10.1 Å². The van der Waals surface area contributed by atoms with Crippen LogP contribution in [-0.4, -0.2) is 33.6 Å². The zero-order valence-electron chi connectivity index (χ0n) is 15.7. The van der Waals surface area contributed by atoms with E-state index in [9.17, 15) is 17.6 Å². The Labute approximate surface area is 173 Å². The molecule has 1 heterocycles. The highest BCUT2D eigenvalue weighted by atomic mass is 35.5. The molecule has 29 heavy (non-hydrogen) atoms. The zero-order chi connectivity index (χ0) is 21.2. The topological polar surface area (TPSA) is 93.7 Å². The molecule has 2 aromatic carbocycles. The summed E-state index contributed by atoms with van der Waals surface area (Å²) in [5.74, 6) is -1.09. The van der Waals surface area contributed by atoms with Gasteiger partial charge < -0.3 is 14.8 Å². The zero-order valence-corrected chi connectivity index (χ0v) is 17.3. The Bertz CT molecular complexity index is 1030. The number of hydrogen-bond acceptors (Lipinski definition) is 5. The molecule has 0 fully saturated rings. The molecule has 0 spiro atoms. The third-order valence-corrected chi connectivity index (χ3v) is 6.03. The second-order valence-electron chi connectivity index (χ2n) is 6.74. The van der Waals surface area contributed by atoms with Crippen LogP contribution in [0.2, 0.25) is 5.02 Å². The van der Waals surface area contributed by atoms with Gasteiger partial charge in [0.25, 0.3) is 0 Å².